The molecule has 8 atom stereocenters. The Morgan fingerprint density at radius 1 is 1.03 bits per heavy atom. The van der Waals surface area contributed by atoms with Crippen LogP contribution in [0.15, 0.2) is 0 Å². The molecule has 33 heavy (non-hydrogen) atoms. The fourth-order valence-corrected chi connectivity index (χ4v) is 7.52. The van der Waals surface area contributed by atoms with Crippen molar-refractivity contribution in [1.82, 2.24) is 10.2 Å². The molecular weight excluding hydrogens is 437 g/mol. The zero-order chi connectivity index (χ0) is 23.6. The van der Waals surface area contributed by atoms with E-state index in [0.29, 0.717) is 31.3 Å². The van der Waals surface area contributed by atoms with E-state index in [-0.39, 0.29) is 18.4 Å². The Morgan fingerprint density at radius 3 is 2.45 bits per heavy atom. The van der Waals surface area contributed by atoms with Crippen molar-refractivity contribution in [3.63, 3.8) is 0 Å². The van der Waals surface area contributed by atoms with Gasteiger partial charge in [-0.15, -0.1) is 0 Å². The first-order valence-corrected chi connectivity index (χ1v) is 12.7. The Hall–Kier alpha value is -0.450. The van der Waals surface area contributed by atoms with Crippen molar-refractivity contribution in [3.05, 3.63) is 0 Å². The standard InChI is InChI=1S/C24H39F3N2O4/c1-15-5-6-19-16(2)23(24(25,26)27,30-14-13-29(4)17-8-11-28-12-9-17)32-20-22(19)18(15)7-10-21(3,31-20)33-22/h15-20,28H,5-14H2,1-4H3/t15-,16-,18+,19+,20+,21-,22-,23-/m1/s1. The molecule has 0 aromatic carbocycles. The quantitative estimate of drug-likeness (QED) is 0.650. The van der Waals surface area contributed by atoms with Crippen LogP contribution in [0.25, 0.3) is 0 Å². The van der Waals surface area contributed by atoms with Gasteiger partial charge >= 0.3 is 6.18 Å². The zero-order valence-corrected chi connectivity index (χ0v) is 20.2. The fourth-order valence-electron chi connectivity index (χ4n) is 7.52. The van der Waals surface area contributed by atoms with Crippen LogP contribution in [0, 0.1) is 23.7 Å². The Morgan fingerprint density at radius 2 is 1.76 bits per heavy atom. The number of nitrogens with one attached hydrogen (secondary N) is 1. The van der Waals surface area contributed by atoms with Crippen LogP contribution in [0.1, 0.15) is 59.3 Å². The first-order valence-electron chi connectivity index (χ1n) is 12.7. The summed E-state index contributed by atoms with van der Waals surface area (Å²) in [6.45, 7) is 7.90. The van der Waals surface area contributed by atoms with E-state index in [0.717, 1.165) is 38.8 Å². The van der Waals surface area contributed by atoms with Gasteiger partial charge in [-0.25, -0.2) is 0 Å². The number of fused-ring (bicyclic) bond motifs is 1. The number of ether oxygens (including phenoxy) is 4. The van der Waals surface area contributed by atoms with Crippen LogP contribution < -0.4 is 5.32 Å². The highest BCUT2D eigenvalue weighted by molar-refractivity contribution is 5.15. The average molecular weight is 477 g/mol. The van der Waals surface area contributed by atoms with E-state index < -0.39 is 35.6 Å². The van der Waals surface area contributed by atoms with E-state index in [2.05, 4.69) is 17.1 Å². The fraction of sp³-hybridized carbons (Fsp3) is 1.00. The summed E-state index contributed by atoms with van der Waals surface area (Å²) in [6, 6.07) is 0.357. The lowest BCUT2D eigenvalue weighted by Crippen LogP contribution is -2.73. The van der Waals surface area contributed by atoms with Crippen molar-refractivity contribution in [2.45, 2.75) is 95.0 Å². The summed E-state index contributed by atoms with van der Waals surface area (Å²) in [6.07, 6.45) is -0.654. The van der Waals surface area contributed by atoms with E-state index in [1.807, 2.05) is 14.0 Å². The van der Waals surface area contributed by atoms with Gasteiger partial charge in [0.05, 0.1) is 6.61 Å². The minimum atomic E-state index is -4.68. The maximum atomic E-state index is 14.8. The number of rotatable bonds is 5. The molecule has 1 saturated carbocycles. The number of halogens is 3. The number of hydrogen-bond donors (Lipinski definition) is 1. The Kier molecular flexibility index (Phi) is 6.10. The summed E-state index contributed by atoms with van der Waals surface area (Å²) >= 11 is 0. The Labute approximate surface area is 194 Å². The predicted molar refractivity (Wildman–Crippen MR) is 115 cm³/mol. The molecule has 2 bridgehead atoms. The molecule has 9 heteroatoms. The van der Waals surface area contributed by atoms with E-state index in [9.17, 15) is 13.2 Å². The molecule has 6 nitrogen and oxygen atoms in total. The van der Waals surface area contributed by atoms with Gasteiger partial charge in [0.1, 0.15) is 5.60 Å². The predicted octanol–water partition coefficient (Wildman–Crippen LogP) is 3.90. The van der Waals surface area contributed by atoms with Gasteiger partial charge in [-0.1, -0.05) is 13.8 Å². The number of nitrogens with zero attached hydrogens (tertiary/aromatic N) is 1. The summed E-state index contributed by atoms with van der Waals surface area (Å²) in [7, 11) is 1.96. The van der Waals surface area contributed by atoms with E-state index in [4.69, 9.17) is 18.9 Å². The molecule has 0 aromatic rings. The van der Waals surface area contributed by atoms with Gasteiger partial charge in [-0.2, -0.15) is 13.2 Å². The zero-order valence-electron chi connectivity index (χ0n) is 20.2. The molecule has 1 spiro atoms. The van der Waals surface area contributed by atoms with E-state index in [1.54, 1.807) is 6.92 Å². The monoisotopic (exact) mass is 476 g/mol. The molecule has 4 aliphatic heterocycles. The normalized spacial score (nSPS) is 48.2. The highest BCUT2D eigenvalue weighted by Crippen LogP contribution is 2.66. The van der Waals surface area contributed by atoms with Crippen LogP contribution in [0.3, 0.4) is 0 Å². The minimum absolute atomic E-state index is 0.0469. The van der Waals surface area contributed by atoms with Gasteiger partial charge in [0, 0.05) is 30.8 Å². The number of piperidine rings is 1. The Bertz CT molecular complexity index is 735. The van der Waals surface area contributed by atoms with Gasteiger partial charge in [0.2, 0.25) is 0 Å². The van der Waals surface area contributed by atoms with Crippen LogP contribution in [0.5, 0.6) is 0 Å². The lowest BCUT2D eigenvalue weighted by molar-refractivity contribution is -0.465. The van der Waals surface area contributed by atoms with E-state index >= 15 is 0 Å². The summed E-state index contributed by atoms with van der Waals surface area (Å²) in [5, 5.41) is 3.32. The number of hydrogen-bond acceptors (Lipinski definition) is 6. The lowest BCUT2D eigenvalue weighted by atomic mass is 9.56. The second-order valence-electron chi connectivity index (χ2n) is 11.2. The lowest BCUT2D eigenvalue weighted by Gasteiger charge is -2.61. The second-order valence-corrected chi connectivity index (χ2v) is 11.2. The molecule has 5 rings (SSSR count). The third-order valence-corrected chi connectivity index (χ3v) is 9.38. The van der Waals surface area contributed by atoms with Crippen molar-refractivity contribution in [2.75, 3.05) is 33.3 Å². The third kappa shape index (κ3) is 3.68. The molecule has 4 saturated heterocycles. The molecule has 190 valence electrons. The smallest absolute Gasteiger partial charge is 0.341 e. The average Bonchev–Trinajstić information content (AvgIpc) is 2.98. The summed E-state index contributed by atoms with van der Waals surface area (Å²) in [4.78, 5) is 2.11. The van der Waals surface area contributed by atoms with Crippen molar-refractivity contribution < 1.29 is 32.1 Å². The van der Waals surface area contributed by atoms with Crippen LogP contribution in [-0.4, -0.2) is 73.9 Å². The van der Waals surface area contributed by atoms with Crippen LogP contribution in [0.4, 0.5) is 13.2 Å². The highest BCUT2D eigenvalue weighted by Gasteiger charge is 2.78. The largest absolute Gasteiger partial charge is 0.443 e. The first kappa shape index (κ1) is 24.3. The molecule has 0 radical (unpaired) electrons. The van der Waals surface area contributed by atoms with Crippen LogP contribution >= 0.6 is 0 Å². The first-order chi connectivity index (χ1) is 15.5. The van der Waals surface area contributed by atoms with Crippen molar-refractivity contribution in [3.8, 4) is 0 Å². The molecule has 0 aromatic heterocycles. The van der Waals surface area contributed by atoms with E-state index in [1.165, 1.54) is 0 Å². The summed E-state index contributed by atoms with van der Waals surface area (Å²) in [5.41, 5.74) is -0.825. The van der Waals surface area contributed by atoms with Gasteiger partial charge in [-0.05, 0) is 71.0 Å². The molecule has 5 aliphatic rings. The van der Waals surface area contributed by atoms with Gasteiger partial charge in [0.15, 0.2) is 12.1 Å². The van der Waals surface area contributed by atoms with Crippen LogP contribution in [-0.2, 0) is 18.9 Å². The molecular formula is C24H39F3N2O4. The second kappa shape index (κ2) is 8.30. The third-order valence-electron chi connectivity index (χ3n) is 9.38. The number of likely N-dealkylation sites (N-methyl/N-ethyl adjacent to an activating group) is 1. The van der Waals surface area contributed by atoms with Crippen molar-refractivity contribution in [2.24, 2.45) is 23.7 Å². The maximum absolute atomic E-state index is 14.8. The molecule has 1 aliphatic carbocycles. The van der Waals surface area contributed by atoms with Crippen LogP contribution in [0.2, 0.25) is 0 Å². The summed E-state index contributed by atoms with van der Waals surface area (Å²) in [5.74, 6) is -4.31. The highest BCUT2D eigenvalue weighted by atomic mass is 19.4. The number of alkyl halides is 3. The molecule has 0 amide bonds. The molecule has 5 fully saturated rings. The van der Waals surface area contributed by atoms with Crippen molar-refractivity contribution >= 4 is 0 Å². The van der Waals surface area contributed by atoms with Gasteiger partial charge < -0.3 is 29.2 Å². The molecule has 0 unspecified atom stereocenters. The van der Waals surface area contributed by atoms with Gasteiger partial charge in [0.25, 0.3) is 5.79 Å². The summed E-state index contributed by atoms with van der Waals surface area (Å²) < 4.78 is 68.6. The minimum Gasteiger partial charge on any atom is -0.341 e. The SMILES string of the molecule is C[C@@H]1CC[C@H]2[C@@H](C)[C@](OCCN(C)C3CCNCC3)(C(F)(F)F)O[C@@H]3O[C@@]4(C)CC[C@@H]1[C@]32O4. The topological polar surface area (TPSA) is 52.2 Å². The maximum Gasteiger partial charge on any atom is 0.443 e. The molecule has 1 N–H and O–H groups in total. The van der Waals surface area contributed by atoms with Crippen molar-refractivity contribution in [1.29, 1.82) is 0 Å². The Balaban J connectivity index is 1.39. The van der Waals surface area contributed by atoms with Gasteiger partial charge in [-0.3, -0.25) is 0 Å². The molecule has 4 heterocycles.